The first-order chi connectivity index (χ1) is 8.55. The third-order valence-electron chi connectivity index (χ3n) is 4.84. The molecule has 0 amide bonds. The van der Waals surface area contributed by atoms with Gasteiger partial charge in [0.05, 0.1) is 10.7 Å². The second-order valence-corrected chi connectivity index (χ2v) is 6.38. The van der Waals surface area contributed by atoms with Crippen LogP contribution < -0.4 is 5.73 Å². The fourth-order valence-corrected chi connectivity index (χ4v) is 3.47. The van der Waals surface area contributed by atoms with Gasteiger partial charge in [-0.15, -0.1) is 0 Å². The molecule has 2 heteroatoms. The van der Waals surface area contributed by atoms with Crippen LogP contribution in [0.2, 0.25) is 5.02 Å². The molecule has 1 saturated carbocycles. The molecule has 0 spiro atoms. The van der Waals surface area contributed by atoms with Crippen LogP contribution in [-0.2, 0) is 5.41 Å². The summed E-state index contributed by atoms with van der Waals surface area (Å²) in [5, 5.41) is 0.697. The van der Waals surface area contributed by atoms with Crippen LogP contribution in [0.25, 0.3) is 0 Å². The van der Waals surface area contributed by atoms with Gasteiger partial charge in [0.2, 0.25) is 0 Å². The first-order valence-electron chi connectivity index (χ1n) is 7.10. The van der Waals surface area contributed by atoms with Gasteiger partial charge in [0.15, 0.2) is 0 Å². The average Bonchev–Trinajstić information content (AvgIpc) is 2.34. The first kappa shape index (κ1) is 13.7. The van der Waals surface area contributed by atoms with Gasteiger partial charge in [0.25, 0.3) is 0 Å². The number of benzene rings is 1. The molecule has 1 aliphatic rings. The quantitative estimate of drug-likeness (QED) is 0.697. The van der Waals surface area contributed by atoms with Crippen LogP contribution in [-0.4, -0.2) is 0 Å². The molecule has 1 fully saturated rings. The average molecular weight is 266 g/mol. The smallest absolute Gasteiger partial charge is 0.0638 e. The van der Waals surface area contributed by atoms with Crippen LogP contribution in [0, 0.1) is 5.92 Å². The van der Waals surface area contributed by atoms with E-state index in [1.165, 1.54) is 44.1 Å². The zero-order chi connectivity index (χ0) is 13.2. The number of anilines is 1. The van der Waals surface area contributed by atoms with Gasteiger partial charge >= 0.3 is 0 Å². The molecule has 0 bridgehead atoms. The second-order valence-electron chi connectivity index (χ2n) is 5.97. The minimum Gasteiger partial charge on any atom is -0.397 e. The van der Waals surface area contributed by atoms with Gasteiger partial charge in [-0.1, -0.05) is 63.3 Å². The lowest BCUT2D eigenvalue weighted by Gasteiger charge is -2.39. The summed E-state index contributed by atoms with van der Waals surface area (Å²) in [5.41, 5.74) is 8.44. The maximum atomic E-state index is 6.22. The zero-order valence-corrected chi connectivity index (χ0v) is 12.3. The van der Waals surface area contributed by atoms with Crippen molar-refractivity contribution in [1.82, 2.24) is 0 Å². The highest BCUT2D eigenvalue weighted by Gasteiger charge is 2.35. The van der Waals surface area contributed by atoms with Crippen molar-refractivity contribution < 1.29 is 0 Å². The predicted octanol–water partition coefficient (Wildman–Crippen LogP) is 5.17. The Hall–Kier alpha value is -0.690. The Kier molecular flexibility index (Phi) is 4.21. The Labute approximate surface area is 116 Å². The Balaban J connectivity index is 2.39. The minimum absolute atomic E-state index is 0.176. The van der Waals surface area contributed by atoms with Crippen molar-refractivity contribution in [2.45, 2.75) is 57.8 Å². The molecule has 1 aromatic rings. The third kappa shape index (κ3) is 2.51. The molecule has 1 aromatic carbocycles. The highest BCUT2D eigenvalue weighted by molar-refractivity contribution is 6.33. The number of nitrogens with two attached hydrogens (primary N) is 1. The van der Waals surface area contributed by atoms with Gasteiger partial charge in [0.1, 0.15) is 0 Å². The van der Waals surface area contributed by atoms with E-state index < -0.39 is 0 Å². The number of para-hydroxylation sites is 1. The van der Waals surface area contributed by atoms with Gasteiger partial charge < -0.3 is 5.73 Å². The third-order valence-corrected chi connectivity index (χ3v) is 5.17. The molecule has 2 N–H and O–H groups in total. The van der Waals surface area contributed by atoms with E-state index in [4.69, 9.17) is 17.3 Å². The Bertz CT molecular complexity index is 416. The van der Waals surface area contributed by atoms with Crippen molar-refractivity contribution in [3.63, 3.8) is 0 Å². The molecule has 2 rings (SSSR count). The molecule has 0 heterocycles. The lowest BCUT2D eigenvalue weighted by Crippen LogP contribution is -2.32. The molecule has 0 aromatic heterocycles. The molecule has 1 aliphatic carbocycles. The molecule has 2 unspecified atom stereocenters. The summed E-state index contributed by atoms with van der Waals surface area (Å²) in [6, 6.07) is 6.08. The summed E-state index contributed by atoms with van der Waals surface area (Å²) in [6.07, 6.45) is 7.89. The number of halogens is 1. The van der Waals surface area contributed by atoms with Gasteiger partial charge in [0, 0.05) is 0 Å². The Morgan fingerprint density at radius 3 is 2.72 bits per heavy atom. The number of nitrogen functional groups attached to an aromatic ring is 1. The lowest BCUT2D eigenvalue weighted by molar-refractivity contribution is 0.246. The van der Waals surface area contributed by atoms with Gasteiger partial charge in [-0.3, -0.25) is 0 Å². The Morgan fingerprint density at radius 2 is 1.94 bits per heavy atom. The first-order valence-corrected chi connectivity index (χ1v) is 7.48. The molecule has 100 valence electrons. The molecular weight excluding hydrogens is 242 g/mol. The summed E-state index contributed by atoms with van der Waals surface area (Å²) >= 11 is 6.19. The predicted molar refractivity (Wildman–Crippen MR) is 80.1 cm³/mol. The number of rotatable bonds is 1. The van der Waals surface area contributed by atoms with E-state index in [9.17, 15) is 0 Å². The molecule has 0 aliphatic heterocycles. The maximum absolute atomic E-state index is 6.22. The minimum atomic E-state index is 0.176. The molecule has 0 radical (unpaired) electrons. The molecular formula is C16H24ClN. The molecule has 2 atom stereocenters. The largest absolute Gasteiger partial charge is 0.397 e. The van der Waals surface area contributed by atoms with Gasteiger partial charge in [-0.2, -0.15) is 0 Å². The van der Waals surface area contributed by atoms with E-state index in [1.54, 1.807) is 0 Å². The van der Waals surface area contributed by atoms with Crippen LogP contribution >= 0.6 is 11.6 Å². The maximum Gasteiger partial charge on any atom is 0.0638 e. The topological polar surface area (TPSA) is 26.0 Å². The number of hydrogen-bond donors (Lipinski definition) is 1. The van der Waals surface area contributed by atoms with E-state index in [-0.39, 0.29) is 5.41 Å². The number of hydrogen-bond acceptors (Lipinski definition) is 1. The SMILES string of the molecule is CC1CCCCCCC1(C)c1cccc(Cl)c1N. The highest BCUT2D eigenvalue weighted by Crippen LogP contribution is 2.44. The standard InChI is InChI=1S/C16H24ClN/c1-12-8-5-3-4-6-11-16(12,2)13-9-7-10-14(17)15(13)18/h7,9-10,12H,3-6,8,11,18H2,1-2H3. The second kappa shape index (κ2) is 5.52. The van der Waals surface area contributed by atoms with Gasteiger partial charge in [-0.05, 0) is 35.8 Å². The molecule has 1 nitrogen and oxygen atoms in total. The van der Waals surface area contributed by atoms with Crippen molar-refractivity contribution in [1.29, 1.82) is 0 Å². The fraction of sp³-hybridized carbons (Fsp3) is 0.625. The van der Waals surface area contributed by atoms with Crippen LogP contribution in [0.5, 0.6) is 0 Å². The normalized spacial score (nSPS) is 29.6. The van der Waals surface area contributed by atoms with Gasteiger partial charge in [-0.25, -0.2) is 0 Å². The summed E-state index contributed by atoms with van der Waals surface area (Å²) < 4.78 is 0. The van der Waals surface area contributed by atoms with Crippen molar-refractivity contribution >= 4 is 17.3 Å². The Morgan fingerprint density at radius 1 is 1.22 bits per heavy atom. The monoisotopic (exact) mass is 265 g/mol. The van der Waals surface area contributed by atoms with Crippen LogP contribution in [0.4, 0.5) is 5.69 Å². The van der Waals surface area contributed by atoms with Crippen molar-refractivity contribution in [3.05, 3.63) is 28.8 Å². The van der Waals surface area contributed by atoms with Crippen molar-refractivity contribution in [2.75, 3.05) is 5.73 Å². The van der Waals surface area contributed by atoms with Crippen molar-refractivity contribution in [3.8, 4) is 0 Å². The van der Waals surface area contributed by atoms with E-state index in [2.05, 4.69) is 19.9 Å². The van der Waals surface area contributed by atoms with E-state index in [0.717, 1.165) is 5.69 Å². The summed E-state index contributed by atoms with van der Waals surface area (Å²) in [6.45, 7) is 4.73. The highest BCUT2D eigenvalue weighted by atomic mass is 35.5. The van der Waals surface area contributed by atoms with Crippen molar-refractivity contribution in [2.24, 2.45) is 5.92 Å². The van der Waals surface area contributed by atoms with E-state index in [1.807, 2.05) is 12.1 Å². The fourth-order valence-electron chi connectivity index (χ4n) is 3.30. The molecule has 0 saturated heterocycles. The summed E-state index contributed by atoms with van der Waals surface area (Å²) in [7, 11) is 0. The van der Waals surface area contributed by atoms with E-state index >= 15 is 0 Å². The zero-order valence-electron chi connectivity index (χ0n) is 11.5. The molecule has 18 heavy (non-hydrogen) atoms. The van der Waals surface area contributed by atoms with Crippen LogP contribution in [0.1, 0.15) is 57.9 Å². The van der Waals surface area contributed by atoms with Crippen LogP contribution in [0.3, 0.4) is 0 Å². The van der Waals surface area contributed by atoms with E-state index in [0.29, 0.717) is 10.9 Å². The summed E-state index contributed by atoms with van der Waals surface area (Å²) in [4.78, 5) is 0. The lowest BCUT2D eigenvalue weighted by atomic mass is 9.66. The van der Waals surface area contributed by atoms with Crippen LogP contribution in [0.15, 0.2) is 18.2 Å². The summed E-state index contributed by atoms with van der Waals surface area (Å²) in [5.74, 6) is 0.665.